The highest BCUT2D eigenvalue weighted by atomic mass is 16.4. The zero-order valence-corrected chi connectivity index (χ0v) is 11.3. The number of carbonyl (C=O) groups is 3. The fourth-order valence-corrected chi connectivity index (χ4v) is 1.92. The Labute approximate surface area is 117 Å². The van der Waals surface area contributed by atoms with Gasteiger partial charge in [-0.25, -0.2) is 9.59 Å². The number of aliphatic hydroxyl groups is 1. The van der Waals surface area contributed by atoms with E-state index in [0.717, 1.165) is 32.4 Å². The number of aliphatic carboxylic acids is 1. The molecular weight excluding hydrogens is 266 g/mol. The van der Waals surface area contributed by atoms with E-state index in [9.17, 15) is 14.4 Å². The largest absolute Gasteiger partial charge is 0.479 e. The van der Waals surface area contributed by atoms with Crippen LogP contribution in [0.3, 0.4) is 0 Å². The lowest BCUT2D eigenvalue weighted by molar-refractivity contribution is -0.146. The second-order valence-electron chi connectivity index (χ2n) is 4.69. The van der Waals surface area contributed by atoms with E-state index in [1.165, 1.54) is 0 Å². The van der Waals surface area contributed by atoms with Crippen LogP contribution in [0.15, 0.2) is 0 Å². The van der Waals surface area contributed by atoms with Crippen LogP contribution in [0.1, 0.15) is 25.7 Å². The van der Waals surface area contributed by atoms with Crippen molar-refractivity contribution in [2.24, 2.45) is 0 Å². The van der Waals surface area contributed by atoms with Gasteiger partial charge >= 0.3 is 12.0 Å². The number of rotatable bonds is 6. The molecule has 1 saturated heterocycles. The Kier molecular flexibility index (Phi) is 6.78. The smallest absolute Gasteiger partial charge is 0.332 e. The molecule has 4 N–H and O–H groups in total. The number of likely N-dealkylation sites (tertiary alicyclic amines) is 1. The van der Waals surface area contributed by atoms with Gasteiger partial charge in [0.1, 0.15) is 0 Å². The third-order valence-corrected chi connectivity index (χ3v) is 3.10. The van der Waals surface area contributed by atoms with Crippen molar-refractivity contribution in [1.82, 2.24) is 15.5 Å². The van der Waals surface area contributed by atoms with E-state index in [-0.39, 0.29) is 25.4 Å². The number of aliphatic hydroxyl groups excluding tert-OH is 1. The molecule has 1 heterocycles. The monoisotopic (exact) mass is 287 g/mol. The molecule has 1 aliphatic heterocycles. The summed E-state index contributed by atoms with van der Waals surface area (Å²) in [5.41, 5.74) is 0. The molecule has 0 aromatic carbocycles. The minimum atomic E-state index is -1.50. The first-order valence-electron chi connectivity index (χ1n) is 6.71. The third-order valence-electron chi connectivity index (χ3n) is 3.10. The van der Waals surface area contributed by atoms with E-state index in [2.05, 4.69) is 10.6 Å². The number of carbonyl (C=O) groups excluding carboxylic acids is 2. The zero-order valence-electron chi connectivity index (χ0n) is 11.3. The van der Waals surface area contributed by atoms with Crippen molar-refractivity contribution >= 4 is 17.9 Å². The van der Waals surface area contributed by atoms with Crippen molar-refractivity contribution in [3.63, 3.8) is 0 Å². The number of urea groups is 1. The van der Waals surface area contributed by atoms with E-state index in [1.807, 2.05) is 0 Å². The molecule has 1 aliphatic rings. The minimum absolute atomic E-state index is 0.0250. The first kappa shape index (κ1) is 16.2. The molecule has 1 fully saturated rings. The number of hydrogen-bond donors (Lipinski definition) is 4. The maximum Gasteiger partial charge on any atom is 0.332 e. The molecule has 0 aromatic rings. The van der Waals surface area contributed by atoms with Crippen LogP contribution >= 0.6 is 0 Å². The van der Waals surface area contributed by atoms with Gasteiger partial charge in [-0.3, -0.25) is 4.79 Å². The van der Waals surface area contributed by atoms with Gasteiger partial charge in [0.15, 0.2) is 6.10 Å². The van der Waals surface area contributed by atoms with Crippen LogP contribution in [0.2, 0.25) is 0 Å². The first-order chi connectivity index (χ1) is 9.50. The molecule has 114 valence electrons. The molecule has 0 radical (unpaired) electrons. The van der Waals surface area contributed by atoms with E-state index < -0.39 is 18.1 Å². The normalized spacial score (nSPS) is 16.4. The molecule has 1 atom stereocenters. The van der Waals surface area contributed by atoms with Crippen LogP contribution in [0.25, 0.3) is 0 Å². The third kappa shape index (κ3) is 5.87. The average molecular weight is 287 g/mol. The van der Waals surface area contributed by atoms with Crippen LogP contribution in [-0.4, -0.2) is 65.3 Å². The van der Waals surface area contributed by atoms with Crippen LogP contribution in [0.5, 0.6) is 0 Å². The number of piperidine rings is 1. The van der Waals surface area contributed by atoms with Crippen molar-refractivity contribution in [3.8, 4) is 0 Å². The van der Waals surface area contributed by atoms with Gasteiger partial charge in [-0.15, -0.1) is 0 Å². The fourth-order valence-electron chi connectivity index (χ4n) is 1.92. The molecule has 0 aliphatic carbocycles. The summed E-state index contributed by atoms with van der Waals surface area (Å²) in [5.74, 6) is -1.45. The zero-order chi connectivity index (χ0) is 15.0. The van der Waals surface area contributed by atoms with Gasteiger partial charge < -0.3 is 25.7 Å². The summed E-state index contributed by atoms with van der Waals surface area (Å²) in [6, 6.07) is -0.548. The number of carboxylic acid groups (broad SMARTS) is 1. The van der Waals surface area contributed by atoms with Gasteiger partial charge in [-0.2, -0.15) is 0 Å². The van der Waals surface area contributed by atoms with Gasteiger partial charge in [0.05, 0.1) is 6.54 Å². The van der Waals surface area contributed by atoms with E-state index >= 15 is 0 Å². The summed E-state index contributed by atoms with van der Waals surface area (Å²) in [4.78, 5) is 35.2. The van der Waals surface area contributed by atoms with Gasteiger partial charge in [-0.05, 0) is 19.3 Å². The molecule has 8 nitrogen and oxygen atoms in total. The molecule has 3 amide bonds. The maximum absolute atomic E-state index is 11.7. The standard InChI is InChI=1S/C12H21N3O5/c16-9(11(18)19)4-5-13-12(20)14-8-10(17)15-6-2-1-3-7-15/h9,16H,1-8H2,(H,18,19)(H2,13,14,20)/t9-/m0/s1. The van der Waals surface area contributed by atoms with Crippen LogP contribution in [-0.2, 0) is 9.59 Å². The number of nitrogens with zero attached hydrogens (tertiary/aromatic N) is 1. The highest BCUT2D eigenvalue weighted by Gasteiger charge is 2.17. The Morgan fingerprint density at radius 3 is 2.35 bits per heavy atom. The van der Waals surface area contributed by atoms with Crippen molar-refractivity contribution in [2.75, 3.05) is 26.2 Å². The van der Waals surface area contributed by atoms with Gasteiger partial charge in [0, 0.05) is 26.1 Å². The van der Waals surface area contributed by atoms with Gasteiger partial charge in [0.25, 0.3) is 0 Å². The van der Waals surface area contributed by atoms with E-state index in [0.29, 0.717) is 0 Å². The number of amides is 3. The summed E-state index contributed by atoms with van der Waals surface area (Å²) in [6.07, 6.45) is 1.54. The lowest BCUT2D eigenvalue weighted by atomic mass is 10.1. The van der Waals surface area contributed by atoms with Crippen LogP contribution in [0.4, 0.5) is 4.79 Å². The van der Waals surface area contributed by atoms with Crippen molar-refractivity contribution in [1.29, 1.82) is 0 Å². The molecule has 0 bridgehead atoms. The second kappa shape index (κ2) is 8.36. The SMILES string of the molecule is O=C(NCC[C@H](O)C(=O)O)NCC(=O)N1CCCCC1. The summed E-state index contributed by atoms with van der Waals surface area (Å²) in [5, 5.41) is 22.2. The molecule has 20 heavy (non-hydrogen) atoms. The van der Waals surface area contributed by atoms with Gasteiger partial charge in [-0.1, -0.05) is 0 Å². The van der Waals surface area contributed by atoms with Crippen LogP contribution < -0.4 is 10.6 Å². The van der Waals surface area contributed by atoms with Crippen LogP contribution in [0, 0.1) is 0 Å². The lowest BCUT2D eigenvalue weighted by Crippen LogP contribution is -2.45. The van der Waals surface area contributed by atoms with Crippen molar-refractivity contribution in [3.05, 3.63) is 0 Å². The molecular formula is C12H21N3O5. The number of carboxylic acids is 1. The molecule has 0 aromatic heterocycles. The number of hydrogen-bond acceptors (Lipinski definition) is 4. The predicted molar refractivity (Wildman–Crippen MR) is 70.1 cm³/mol. The Hall–Kier alpha value is -1.83. The first-order valence-corrected chi connectivity index (χ1v) is 6.71. The highest BCUT2D eigenvalue weighted by Crippen LogP contribution is 2.08. The average Bonchev–Trinajstić information content (AvgIpc) is 2.45. The van der Waals surface area contributed by atoms with E-state index in [4.69, 9.17) is 10.2 Å². The molecule has 1 rings (SSSR count). The highest BCUT2D eigenvalue weighted by molar-refractivity contribution is 5.84. The second-order valence-corrected chi connectivity index (χ2v) is 4.69. The summed E-state index contributed by atoms with van der Waals surface area (Å²) in [7, 11) is 0. The Balaban J connectivity index is 2.13. The summed E-state index contributed by atoms with van der Waals surface area (Å²) >= 11 is 0. The quantitative estimate of drug-likeness (QED) is 0.506. The van der Waals surface area contributed by atoms with Crippen molar-refractivity contribution < 1.29 is 24.6 Å². The Morgan fingerprint density at radius 2 is 1.75 bits per heavy atom. The van der Waals surface area contributed by atoms with Crippen molar-refractivity contribution in [2.45, 2.75) is 31.8 Å². The topological polar surface area (TPSA) is 119 Å². The molecule has 0 unspecified atom stereocenters. The summed E-state index contributed by atoms with van der Waals surface area (Å²) < 4.78 is 0. The molecule has 0 saturated carbocycles. The fraction of sp³-hybridized carbons (Fsp3) is 0.750. The molecule has 0 spiro atoms. The number of nitrogens with one attached hydrogen (secondary N) is 2. The Bertz CT molecular complexity index is 355. The Morgan fingerprint density at radius 1 is 1.10 bits per heavy atom. The van der Waals surface area contributed by atoms with E-state index in [1.54, 1.807) is 4.90 Å². The minimum Gasteiger partial charge on any atom is -0.479 e. The lowest BCUT2D eigenvalue weighted by Gasteiger charge is -2.26. The van der Waals surface area contributed by atoms with Gasteiger partial charge in [0.2, 0.25) is 5.91 Å². The predicted octanol–water partition coefficient (Wildman–Crippen LogP) is -0.866. The summed E-state index contributed by atoms with van der Waals surface area (Å²) in [6.45, 7) is 1.41. The molecule has 8 heteroatoms. The maximum atomic E-state index is 11.7.